The van der Waals surface area contributed by atoms with E-state index in [1.807, 2.05) is 12.1 Å². The molecule has 0 spiro atoms. The van der Waals surface area contributed by atoms with Crippen molar-refractivity contribution in [1.82, 2.24) is 9.80 Å². The highest BCUT2D eigenvalue weighted by molar-refractivity contribution is 5.37. The van der Waals surface area contributed by atoms with Crippen LogP contribution in [0.3, 0.4) is 0 Å². The quantitative estimate of drug-likeness (QED) is 0.900. The molecule has 0 atom stereocenters. The summed E-state index contributed by atoms with van der Waals surface area (Å²) in [5.41, 5.74) is 3.23. The molecule has 1 aromatic rings. The fourth-order valence-corrected chi connectivity index (χ4v) is 2.73. The van der Waals surface area contributed by atoms with Crippen LogP contribution in [0.2, 0.25) is 0 Å². The molecule has 1 N–H and O–H groups in total. The average Bonchev–Trinajstić information content (AvgIpc) is 2.67. The Morgan fingerprint density at radius 2 is 1.95 bits per heavy atom. The van der Waals surface area contributed by atoms with E-state index in [1.165, 1.54) is 11.1 Å². The molecule has 20 heavy (non-hydrogen) atoms. The highest BCUT2D eigenvalue weighted by Gasteiger charge is 2.15. The van der Waals surface area contributed by atoms with E-state index < -0.39 is 0 Å². The molecule has 1 fully saturated rings. The number of benzene rings is 1. The predicted molar refractivity (Wildman–Crippen MR) is 79.3 cm³/mol. The summed E-state index contributed by atoms with van der Waals surface area (Å²) in [6.07, 6.45) is 1.15. The minimum absolute atomic E-state index is 0.245. The van der Waals surface area contributed by atoms with Crippen LogP contribution in [0, 0.1) is 18.3 Å². The van der Waals surface area contributed by atoms with Gasteiger partial charge in [0.2, 0.25) is 0 Å². The molecule has 2 rings (SSSR count). The summed E-state index contributed by atoms with van der Waals surface area (Å²) in [7, 11) is 0. The Hall–Kier alpha value is -1.41. The first-order chi connectivity index (χ1) is 9.72. The summed E-state index contributed by atoms with van der Waals surface area (Å²) >= 11 is 0. The first-order valence-corrected chi connectivity index (χ1v) is 7.28. The largest absolute Gasteiger partial charge is 0.395 e. The van der Waals surface area contributed by atoms with E-state index >= 15 is 0 Å². The lowest BCUT2D eigenvalue weighted by Gasteiger charge is -2.22. The molecule has 4 nitrogen and oxygen atoms in total. The van der Waals surface area contributed by atoms with Crippen LogP contribution in [0.1, 0.15) is 23.1 Å². The Morgan fingerprint density at radius 1 is 1.20 bits per heavy atom. The third-order valence-electron chi connectivity index (χ3n) is 3.96. The second-order valence-electron chi connectivity index (χ2n) is 5.45. The molecule has 0 saturated carbocycles. The topological polar surface area (TPSA) is 50.5 Å². The van der Waals surface area contributed by atoms with Crippen molar-refractivity contribution < 1.29 is 5.11 Å². The Labute approximate surface area is 121 Å². The van der Waals surface area contributed by atoms with E-state index in [2.05, 4.69) is 28.9 Å². The van der Waals surface area contributed by atoms with Gasteiger partial charge in [-0.25, -0.2) is 0 Å². The fraction of sp³-hybridized carbons (Fsp3) is 0.562. The van der Waals surface area contributed by atoms with Gasteiger partial charge in [0.15, 0.2) is 0 Å². The summed E-state index contributed by atoms with van der Waals surface area (Å²) in [5.74, 6) is 0. The molecule has 4 heteroatoms. The number of aliphatic hydroxyl groups excluding tert-OH is 1. The molecule has 1 aliphatic heterocycles. The maximum atomic E-state index is 9.02. The van der Waals surface area contributed by atoms with Crippen molar-refractivity contribution in [2.24, 2.45) is 0 Å². The highest BCUT2D eigenvalue weighted by atomic mass is 16.3. The molecule has 1 aliphatic rings. The fourth-order valence-electron chi connectivity index (χ4n) is 2.73. The van der Waals surface area contributed by atoms with Gasteiger partial charge in [0, 0.05) is 26.2 Å². The van der Waals surface area contributed by atoms with Crippen LogP contribution < -0.4 is 0 Å². The van der Waals surface area contributed by atoms with Gasteiger partial charge in [0.25, 0.3) is 0 Å². The summed E-state index contributed by atoms with van der Waals surface area (Å²) < 4.78 is 0. The van der Waals surface area contributed by atoms with Crippen molar-refractivity contribution in [3.63, 3.8) is 0 Å². The predicted octanol–water partition coefficient (Wildman–Crippen LogP) is 1.37. The minimum atomic E-state index is 0.245. The Bertz CT molecular complexity index is 481. The van der Waals surface area contributed by atoms with Gasteiger partial charge >= 0.3 is 0 Å². The van der Waals surface area contributed by atoms with Crippen molar-refractivity contribution in [2.75, 3.05) is 39.3 Å². The third kappa shape index (κ3) is 4.04. The zero-order chi connectivity index (χ0) is 14.4. The molecule has 0 amide bonds. The van der Waals surface area contributed by atoms with Gasteiger partial charge in [-0.3, -0.25) is 9.80 Å². The van der Waals surface area contributed by atoms with Gasteiger partial charge in [-0.05, 0) is 49.7 Å². The van der Waals surface area contributed by atoms with Gasteiger partial charge < -0.3 is 5.11 Å². The van der Waals surface area contributed by atoms with E-state index in [0.717, 1.165) is 51.3 Å². The zero-order valence-corrected chi connectivity index (χ0v) is 12.2. The molecule has 0 unspecified atom stereocenters. The number of hydrogen-bond acceptors (Lipinski definition) is 4. The highest BCUT2D eigenvalue weighted by Crippen LogP contribution is 2.14. The second kappa shape index (κ2) is 7.39. The minimum Gasteiger partial charge on any atom is -0.395 e. The number of β-amino-alcohol motifs (C(OH)–C–C–N with tert-alkyl or cyclic N) is 1. The standard InChI is InChI=1S/C16H23N3O/c1-14-11-15(12-17)3-4-16(14)13-19-6-2-5-18(7-8-19)9-10-20/h3-4,11,20H,2,5-10,13H2,1H3. The Kier molecular flexibility index (Phi) is 5.54. The monoisotopic (exact) mass is 273 g/mol. The van der Waals surface area contributed by atoms with Crippen molar-refractivity contribution in [1.29, 1.82) is 5.26 Å². The number of aliphatic hydroxyl groups is 1. The first kappa shape index (κ1) is 15.0. The number of nitriles is 1. The number of nitrogens with zero attached hydrogens (tertiary/aromatic N) is 3. The number of hydrogen-bond donors (Lipinski definition) is 1. The van der Waals surface area contributed by atoms with E-state index in [-0.39, 0.29) is 6.61 Å². The smallest absolute Gasteiger partial charge is 0.0991 e. The molecule has 1 heterocycles. The average molecular weight is 273 g/mol. The van der Waals surface area contributed by atoms with E-state index in [1.54, 1.807) is 0 Å². The number of rotatable bonds is 4. The van der Waals surface area contributed by atoms with Gasteiger partial charge in [-0.1, -0.05) is 6.07 Å². The number of aryl methyl sites for hydroxylation is 1. The molecule has 0 radical (unpaired) electrons. The first-order valence-electron chi connectivity index (χ1n) is 7.28. The lowest BCUT2D eigenvalue weighted by Crippen LogP contribution is -2.32. The molecular formula is C16H23N3O. The summed E-state index contributed by atoms with van der Waals surface area (Å²) in [5, 5.41) is 17.9. The second-order valence-corrected chi connectivity index (χ2v) is 5.45. The van der Waals surface area contributed by atoms with Crippen LogP contribution in [-0.2, 0) is 6.54 Å². The lowest BCUT2D eigenvalue weighted by atomic mass is 10.1. The summed E-state index contributed by atoms with van der Waals surface area (Å²) in [6, 6.07) is 8.12. The normalized spacial score (nSPS) is 17.6. The van der Waals surface area contributed by atoms with Gasteiger partial charge in [-0.2, -0.15) is 5.26 Å². The van der Waals surface area contributed by atoms with Crippen molar-refractivity contribution in [2.45, 2.75) is 19.9 Å². The van der Waals surface area contributed by atoms with Crippen LogP contribution in [0.15, 0.2) is 18.2 Å². The van der Waals surface area contributed by atoms with Crippen LogP contribution in [-0.4, -0.2) is 54.2 Å². The van der Waals surface area contributed by atoms with Crippen LogP contribution in [0.5, 0.6) is 0 Å². The zero-order valence-electron chi connectivity index (χ0n) is 12.2. The van der Waals surface area contributed by atoms with Gasteiger partial charge in [-0.15, -0.1) is 0 Å². The summed E-state index contributed by atoms with van der Waals surface area (Å²) in [4.78, 5) is 4.79. The van der Waals surface area contributed by atoms with Gasteiger partial charge in [0.05, 0.1) is 18.2 Å². The molecule has 1 aromatic carbocycles. The van der Waals surface area contributed by atoms with Crippen LogP contribution in [0.25, 0.3) is 0 Å². The SMILES string of the molecule is Cc1cc(C#N)ccc1CN1CCCN(CCO)CC1. The summed E-state index contributed by atoms with van der Waals surface area (Å²) in [6.45, 7) is 8.29. The maximum absolute atomic E-state index is 9.02. The molecule has 108 valence electrons. The molecule has 0 aliphatic carbocycles. The van der Waals surface area contributed by atoms with E-state index in [0.29, 0.717) is 0 Å². The molecule has 0 aromatic heterocycles. The Balaban J connectivity index is 1.95. The van der Waals surface area contributed by atoms with Crippen LogP contribution in [0.4, 0.5) is 0 Å². The van der Waals surface area contributed by atoms with E-state index in [4.69, 9.17) is 10.4 Å². The van der Waals surface area contributed by atoms with Gasteiger partial charge in [0.1, 0.15) is 0 Å². The van der Waals surface area contributed by atoms with Crippen LogP contribution >= 0.6 is 0 Å². The maximum Gasteiger partial charge on any atom is 0.0991 e. The van der Waals surface area contributed by atoms with Crippen molar-refractivity contribution in [3.8, 4) is 6.07 Å². The van der Waals surface area contributed by atoms with E-state index in [9.17, 15) is 0 Å². The molecule has 1 saturated heterocycles. The Morgan fingerprint density at radius 3 is 2.65 bits per heavy atom. The molecular weight excluding hydrogens is 250 g/mol. The third-order valence-corrected chi connectivity index (χ3v) is 3.96. The molecule has 0 bridgehead atoms. The lowest BCUT2D eigenvalue weighted by molar-refractivity contribution is 0.196. The van der Waals surface area contributed by atoms with Crippen molar-refractivity contribution in [3.05, 3.63) is 34.9 Å². The van der Waals surface area contributed by atoms with Crippen molar-refractivity contribution >= 4 is 0 Å².